The monoisotopic (exact) mass is 577 g/mol. The Morgan fingerprint density at radius 2 is 1.55 bits per heavy atom. The first kappa shape index (κ1) is 35.8. The van der Waals surface area contributed by atoms with Crippen LogP contribution in [0.25, 0.3) is 0 Å². The summed E-state index contributed by atoms with van der Waals surface area (Å²) in [6.07, 6.45) is 10.0. The van der Waals surface area contributed by atoms with E-state index in [0.717, 1.165) is 48.8 Å². The van der Waals surface area contributed by atoms with Crippen LogP contribution in [-0.4, -0.2) is 59.5 Å². The average molecular weight is 578 g/mol. The number of unbranched alkanes of at least 4 members (excludes halogenated alkanes) is 6. The van der Waals surface area contributed by atoms with Crippen molar-refractivity contribution in [1.29, 1.82) is 0 Å². The van der Waals surface area contributed by atoms with E-state index in [9.17, 15) is 14.4 Å². The van der Waals surface area contributed by atoms with Crippen LogP contribution in [0.3, 0.4) is 0 Å². The number of hydrogen-bond donors (Lipinski definition) is 2. The Hall–Kier alpha value is -2.22. The van der Waals surface area contributed by atoms with Crippen molar-refractivity contribution in [1.82, 2.24) is 15.5 Å². The summed E-state index contributed by atoms with van der Waals surface area (Å²) in [6, 6.07) is 4.39. The molecule has 0 aliphatic heterocycles. The predicted molar refractivity (Wildman–Crippen MR) is 168 cm³/mol. The van der Waals surface area contributed by atoms with Gasteiger partial charge in [0.2, 0.25) is 11.8 Å². The predicted octanol–water partition coefficient (Wildman–Crippen LogP) is 7.10. The molecule has 8 heteroatoms. The van der Waals surface area contributed by atoms with E-state index in [2.05, 4.69) is 24.5 Å². The molecule has 0 saturated carbocycles. The molecule has 40 heavy (non-hydrogen) atoms. The van der Waals surface area contributed by atoms with E-state index in [-0.39, 0.29) is 11.8 Å². The maximum atomic E-state index is 14.4. The highest BCUT2D eigenvalue weighted by atomic mass is 32.2. The molecule has 1 aromatic rings. The molecule has 0 heterocycles. The molecule has 2 unspecified atom stereocenters. The molecule has 1 rings (SSSR count). The lowest BCUT2D eigenvalue weighted by molar-refractivity contribution is -0.142. The maximum Gasteiger partial charge on any atom is 0.408 e. The minimum atomic E-state index is -0.794. The fraction of sp³-hybridized carbons (Fsp3) is 0.719. The number of rotatable bonds is 18. The number of thioether (sulfide) groups is 1. The standard InChI is InChI=1S/C32H55N3O4S/c1-9-11-13-14-15-16-22-35(30(37)26(20-23-40-8)34-31(38)39-32(5,6)7)28(29(36)33-21-12-10-2)27-24(3)18-17-19-25(27)4/h17-19,26,28H,9-16,20-23H2,1-8H3,(H,33,36)(H,34,38). The van der Waals surface area contributed by atoms with E-state index in [1.54, 1.807) is 37.4 Å². The molecule has 0 radical (unpaired) electrons. The Kier molecular flexibility index (Phi) is 17.0. The summed E-state index contributed by atoms with van der Waals surface area (Å²) in [4.78, 5) is 42.7. The SMILES string of the molecule is CCCCCCCCN(C(=O)C(CCSC)NC(=O)OC(C)(C)C)C(C(=O)NCCCC)c1c(C)cccc1C. The van der Waals surface area contributed by atoms with Gasteiger partial charge in [0.15, 0.2) is 0 Å². The number of carbonyl (C=O) groups is 3. The van der Waals surface area contributed by atoms with Gasteiger partial charge in [0.1, 0.15) is 17.7 Å². The highest BCUT2D eigenvalue weighted by molar-refractivity contribution is 7.98. The Morgan fingerprint density at radius 3 is 2.12 bits per heavy atom. The smallest absolute Gasteiger partial charge is 0.408 e. The van der Waals surface area contributed by atoms with Gasteiger partial charge in [-0.05, 0) is 82.6 Å². The molecule has 0 aromatic heterocycles. The zero-order chi connectivity index (χ0) is 30.1. The highest BCUT2D eigenvalue weighted by Crippen LogP contribution is 2.29. The third kappa shape index (κ3) is 13.0. The first-order valence-corrected chi connectivity index (χ1v) is 16.5. The first-order valence-electron chi connectivity index (χ1n) is 15.1. The van der Waals surface area contributed by atoms with Gasteiger partial charge in [0.25, 0.3) is 0 Å². The molecule has 0 fully saturated rings. The molecule has 2 N–H and O–H groups in total. The quantitative estimate of drug-likeness (QED) is 0.182. The van der Waals surface area contributed by atoms with E-state index in [1.807, 2.05) is 38.3 Å². The second-order valence-electron chi connectivity index (χ2n) is 11.6. The molecule has 7 nitrogen and oxygen atoms in total. The summed E-state index contributed by atoms with van der Waals surface area (Å²) in [5.74, 6) is 0.270. The third-order valence-corrected chi connectivity index (χ3v) is 7.48. The number of amides is 3. The number of nitrogens with zero attached hydrogens (tertiary/aromatic N) is 1. The zero-order valence-electron chi connectivity index (χ0n) is 26.4. The van der Waals surface area contributed by atoms with Crippen LogP contribution in [0.2, 0.25) is 0 Å². The van der Waals surface area contributed by atoms with Crippen LogP contribution in [0.15, 0.2) is 18.2 Å². The molecule has 0 saturated heterocycles. The van der Waals surface area contributed by atoms with Gasteiger partial charge < -0.3 is 20.3 Å². The normalized spacial score (nSPS) is 12.9. The largest absolute Gasteiger partial charge is 0.444 e. The van der Waals surface area contributed by atoms with Crippen LogP contribution < -0.4 is 10.6 Å². The average Bonchev–Trinajstić information content (AvgIpc) is 2.87. The number of benzene rings is 1. The van der Waals surface area contributed by atoms with Crippen LogP contribution in [0.1, 0.15) is 115 Å². The van der Waals surface area contributed by atoms with E-state index in [0.29, 0.717) is 25.3 Å². The highest BCUT2D eigenvalue weighted by Gasteiger charge is 2.37. The lowest BCUT2D eigenvalue weighted by atomic mass is 9.93. The van der Waals surface area contributed by atoms with Gasteiger partial charge in [-0.3, -0.25) is 9.59 Å². The van der Waals surface area contributed by atoms with E-state index >= 15 is 0 Å². The van der Waals surface area contributed by atoms with Crippen LogP contribution in [-0.2, 0) is 14.3 Å². The second-order valence-corrected chi connectivity index (χ2v) is 12.6. The zero-order valence-corrected chi connectivity index (χ0v) is 27.2. The van der Waals surface area contributed by atoms with Crippen LogP contribution in [0, 0.1) is 13.8 Å². The summed E-state index contributed by atoms with van der Waals surface area (Å²) < 4.78 is 5.50. The van der Waals surface area contributed by atoms with E-state index in [1.165, 1.54) is 19.3 Å². The van der Waals surface area contributed by atoms with Crippen molar-refractivity contribution >= 4 is 29.7 Å². The fourth-order valence-electron chi connectivity index (χ4n) is 4.74. The van der Waals surface area contributed by atoms with Gasteiger partial charge in [-0.2, -0.15) is 11.8 Å². The van der Waals surface area contributed by atoms with Crippen LogP contribution >= 0.6 is 11.8 Å². The summed E-state index contributed by atoms with van der Waals surface area (Å²) in [5.41, 5.74) is 2.11. The van der Waals surface area contributed by atoms with E-state index < -0.39 is 23.8 Å². The summed E-state index contributed by atoms with van der Waals surface area (Å²) in [5, 5.41) is 5.93. The number of hydrogen-bond acceptors (Lipinski definition) is 5. The minimum absolute atomic E-state index is 0.175. The molecule has 0 aliphatic carbocycles. The minimum Gasteiger partial charge on any atom is -0.444 e. The number of carbonyl (C=O) groups excluding carboxylic acids is 3. The van der Waals surface area contributed by atoms with Gasteiger partial charge in [-0.1, -0.05) is 70.6 Å². The first-order chi connectivity index (χ1) is 19.0. The van der Waals surface area contributed by atoms with Crippen molar-refractivity contribution in [2.45, 2.75) is 124 Å². The molecule has 228 valence electrons. The Labute approximate surface area is 248 Å². The lowest BCUT2D eigenvalue weighted by Crippen LogP contribution is -2.53. The van der Waals surface area contributed by atoms with Crippen molar-refractivity contribution in [3.63, 3.8) is 0 Å². The van der Waals surface area contributed by atoms with Crippen LogP contribution in [0.4, 0.5) is 4.79 Å². The van der Waals surface area contributed by atoms with Gasteiger partial charge in [0, 0.05) is 13.1 Å². The van der Waals surface area contributed by atoms with Crippen molar-refractivity contribution in [3.05, 3.63) is 34.9 Å². The molecular weight excluding hydrogens is 522 g/mol. The summed E-state index contributed by atoms with van der Waals surface area (Å²) in [7, 11) is 0. The van der Waals surface area contributed by atoms with Crippen molar-refractivity contribution in [2.75, 3.05) is 25.1 Å². The molecule has 3 amide bonds. The van der Waals surface area contributed by atoms with Gasteiger partial charge >= 0.3 is 6.09 Å². The number of nitrogens with one attached hydrogen (secondary N) is 2. The second kappa shape index (κ2) is 19.0. The summed E-state index contributed by atoms with van der Waals surface area (Å²) >= 11 is 1.62. The molecular formula is C32H55N3O4S. The van der Waals surface area contributed by atoms with Crippen molar-refractivity contribution < 1.29 is 19.1 Å². The summed E-state index contributed by atoms with van der Waals surface area (Å²) in [6.45, 7) is 14.7. The Morgan fingerprint density at radius 1 is 0.950 bits per heavy atom. The Balaban J connectivity index is 3.48. The molecule has 2 atom stereocenters. The fourth-order valence-corrected chi connectivity index (χ4v) is 5.22. The molecule has 0 spiro atoms. The van der Waals surface area contributed by atoms with E-state index in [4.69, 9.17) is 4.74 Å². The van der Waals surface area contributed by atoms with Crippen molar-refractivity contribution in [2.24, 2.45) is 0 Å². The van der Waals surface area contributed by atoms with Gasteiger partial charge in [-0.25, -0.2) is 4.79 Å². The van der Waals surface area contributed by atoms with Crippen molar-refractivity contribution in [3.8, 4) is 0 Å². The lowest BCUT2D eigenvalue weighted by Gasteiger charge is -2.36. The number of ether oxygens (including phenoxy) is 1. The Bertz CT molecular complexity index is 896. The number of aryl methyl sites for hydroxylation is 2. The molecule has 0 aliphatic rings. The topological polar surface area (TPSA) is 87.7 Å². The van der Waals surface area contributed by atoms with Gasteiger partial charge in [-0.15, -0.1) is 0 Å². The molecule has 1 aromatic carbocycles. The molecule has 0 bridgehead atoms. The number of alkyl carbamates (subject to hydrolysis) is 1. The van der Waals surface area contributed by atoms with Crippen LogP contribution in [0.5, 0.6) is 0 Å². The third-order valence-electron chi connectivity index (χ3n) is 6.84. The maximum absolute atomic E-state index is 14.4. The van der Waals surface area contributed by atoms with Gasteiger partial charge in [0.05, 0.1) is 0 Å².